The lowest BCUT2D eigenvalue weighted by Crippen LogP contribution is -1.86. The van der Waals surface area contributed by atoms with E-state index in [9.17, 15) is 0 Å². The Morgan fingerprint density at radius 3 is 2.39 bits per heavy atom. The van der Waals surface area contributed by atoms with Crippen LogP contribution < -0.4 is 0 Å². The van der Waals surface area contributed by atoms with E-state index in [0.29, 0.717) is 0 Å². The lowest BCUT2D eigenvalue weighted by molar-refractivity contribution is 1.38. The van der Waals surface area contributed by atoms with Crippen LogP contribution in [0.3, 0.4) is 0 Å². The Morgan fingerprint density at radius 2 is 1.67 bits per heavy atom. The number of para-hydroxylation sites is 1. The highest BCUT2D eigenvalue weighted by atomic mass is 14.7. The van der Waals surface area contributed by atoms with Crippen molar-refractivity contribution in [1.82, 2.24) is 4.98 Å². The SMILES string of the molecule is CC=C(c1ccccc1)c1cc2ccccc2[nH]1. The molecule has 0 amide bonds. The Balaban J connectivity index is 2.13. The van der Waals surface area contributed by atoms with Crippen molar-refractivity contribution in [2.24, 2.45) is 0 Å². The molecule has 18 heavy (non-hydrogen) atoms. The fourth-order valence-corrected chi connectivity index (χ4v) is 2.31. The predicted molar refractivity (Wildman–Crippen MR) is 77.5 cm³/mol. The maximum absolute atomic E-state index is 3.48. The molecule has 0 saturated heterocycles. The zero-order chi connectivity index (χ0) is 12.4. The Hall–Kier alpha value is -2.28. The Labute approximate surface area is 107 Å². The molecular weight excluding hydrogens is 218 g/mol. The van der Waals surface area contributed by atoms with Gasteiger partial charge in [0.2, 0.25) is 0 Å². The van der Waals surface area contributed by atoms with Crippen LogP contribution in [0.1, 0.15) is 18.2 Å². The molecule has 0 spiro atoms. The van der Waals surface area contributed by atoms with Gasteiger partial charge in [0, 0.05) is 22.2 Å². The third-order valence-corrected chi connectivity index (χ3v) is 3.19. The minimum absolute atomic E-state index is 1.17. The van der Waals surface area contributed by atoms with Crippen molar-refractivity contribution < 1.29 is 0 Å². The van der Waals surface area contributed by atoms with Gasteiger partial charge >= 0.3 is 0 Å². The molecule has 0 atom stereocenters. The van der Waals surface area contributed by atoms with Crippen LogP contribution in [-0.4, -0.2) is 4.98 Å². The maximum atomic E-state index is 3.48. The quantitative estimate of drug-likeness (QED) is 0.664. The summed E-state index contributed by atoms with van der Waals surface area (Å²) < 4.78 is 0. The average Bonchev–Trinajstić information content (AvgIpc) is 2.84. The topological polar surface area (TPSA) is 15.8 Å². The van der Waals surface area contributed by atoms with Crippen LogP contribution in [0.4, 0.5) is 0 Å². The van der Waals surface area contributed by atoms with E-state index in [-0.39, 0.29) is 0 Å². The normalized spacial score (nSPS) is 11.9. The summed E-state index contributed by atoms with van der Waals surface area (Å²) >= 11 is 0. The fraction of sp³-hybridized carbons (Fsp3) is 0.0588. The van der Waals surface area contributed by atoms with Crippen molar-refractivity contribution in [2.45, 2.75) is 6.92 Å². The Kier molecular flexibility index (Phi) is 2.73. The van der Waals surface area contributed by atoms with Gasteiger partial charge in [0.25, 0.3) is 0 Å². The lowest BCUT2D eigenvalue weighted by atomic mass is 10.0. The van der Waals surface area contributed by atoms with Crippen molar-refractivity contribution in [3.05, 3.63) is 78.0 Å². The van der Waals surface area contributed by atoms with E-state index in [2.05, 4.69) is 72.6 Å². The second-order valence-electron chi connectivity index (χ2n) is 4.34. The number of fused-ring (bicyclic) bond motifs is 1. The minimum Gasteiger partial charge on any atom is -0.355 e. The number of hydrogen-bond acceptors (Lipinski definition) is 0. The number of rotatable bonds is 2. The van der Waals surface area contributed by atoms with Gasteiger partial charge in [0.1, 0.15) is 0 Å². The minimum atomic E-state index is 1.17. The maximum Gasteiger partial charge on any atom is 0.0467 e. The number of aromatic amines is 1. The molecule has 0 bridgehead atoms. The summed E-state index contributed by atoms with van der Waals surface area (Å²) in [5.41, 5.74) is 4.84. The summed E-state index contributed by atoms with van der Waals surface area (Å²) in [5, 5.41) is 1.25. The van der Waals surface area contributed by atoms with E-state index < -0.39 is 0 Å². The third kappa shape index (κ3) is 1.84. The zero-order valence-corrected chi connectivity index (χ0v) is 10.4. The van der Waals surface area contributed by atoms with E-state index in [0.717, 1.165) is 0 Å². The number of nitrogens with one attached hydrogen (secondary N) is 1. The molecule has 3 rings (SSSR count). The highest BCUT2D eigenvalue weighted by molar-refractivity contribution is 5.88. The van der Waals surface area contributed by atoms with Gasteiger partial charge in [-0.2, -0.15) is 0 Å². The van der Waals surface area contributed by atoms with E-state index in [4.69, 9.17) is 0 Å². The van der Waals surface area contributed by atoms with E-state index >= 15 is 0 Å². The van der Waals surface area contributed by atoms with E-state index in [1.807, 2.05) is 6.07 Å². The monoisotopic (exact) mass is 233 g/mol. The largest absolute Gasteiger partial charge is 0.355 e. The number of benzene rings is 2. The number of allylic oxidation sites excluding steroid dienone is 1. The summed E-state index contributed by atoms with van der Waals surface area (Å²) in [7, 11) is 0. The number of aromatic nitrogens is 1. The van der Waals surface area contributed by atoms with Crippen molar-refractivity contribution in [3.63, 3.8) is 0 Å². The molecule has 0 saturated carbocycles. The van der Waals surface area contributed by atoms with Crippen molar-refractivity contribution in [2.75, 3.05) is 0 Å². The van der Waals surface area contributed by atoms with Gasteiger partial charge in [0.05, 0.1) is 0 Å². The Bertz CT molecular complexity index is 657. The van der Waals surface area contributed by atoms with E-state index in [1.165, 1.54) is 27.7 Å². The summed E-state index contributed by atoms with van der Waals surface area (Å²) in [4.78, 5) is 3.48. The molecule has 3 aromatic rings. The molecule has 1 heterocycles. The number of H-pyrrole nitrogens is 1. The molecular formula is C17H15N. The van der Waals surface area contributed by atoms with Crippen molar-refractivity contribution in [1.29, 1.82) is 0 Å². The first kappa shape index (κ1) is 10.8. The molecule has 1 aromatic heterocycles. The van der Waals surface area contributed by atoms with Crippen molar-refractivity contribution >= 4 is 16.5 Å². The van der Waals surface area contributed by atoms with Gasteiger partial charge in [-0.25, -0.2) is 0 Å². The van der Waals surface area contributed by atoms with Crippen LogP contribution in [0.5, 0.6) is 0 Å². The van der Waals surface area contributed by atoms with Gasteiger partial charge < -0.3 is 4.98 Å². The van der Waals surface area contributed by atoms with Gasteiger partial charge in [0.15, 0.2) is 0 Å². The third-order valence-electron chi connectivity index (χ3n) is 3.19. The fourth-order valence-electron chi connectivity index (χ4n) is 2.31. The van der Waals surface area contributed by atoms with Crippen LogP contribution in [0.25, 0.3) is 16.5 Å². The molecule has 0 fully saturated rings. The zero-order valence-electron chi connectivity index (χ0n) is 10.4. The Morgan fingerprint density at radius 1 is 0.944 bits per heavy atom. The molecule has 1 heteroatoms. The number of hydrogen-bond donors (Lipinski definition) is 1. The van der Waals surface area contributed by atoms with Crippen LogP contribution >= 0.6 is 0 Å². The predicted octanol–water partition coefficient (Wildman–Crippen LogP) is 4.62. The second-order valence-corrected chi connectivity index (χ2v) is 4.34. The molecule has 0 aliphatic heterocycles. The van der Waals surface area contributed by atoms with Crippen LogP contribution in [-0.2, 0) is 0 Å². The first-order chi connectivity index (χ1) is 8.88. The molecule has 1 nitrogen and oxygen atoms in total. The first-order valence-corrected chi connectivity index (χ1v) is 6.18. The van der Waals surface area contributed by atoms with Crippen LogP contribution in [0, 0.1) is 0 Å². The molecule has 2 aromatic carbocycles. The summed E-state index contributed by atoms with van der Waals surface area (Å²) in [5.74, 6) is 0. The lowest BCUT2D eigenvalue weighted by Gasteiger charge is -2.04. The van der Waals surface area contributed by atoms with Gasteiger partial charge in [-0.1, -0.05) is 54.6 Å². The molecule has 0 aliphatic rings. The average molecular weight is 233 g/mol. The van der Waals surface area contributed by atoms with Gasteiger partial charge in [-0.15, -0.1) is 0 Å². The highest BCUT2D eigenvalue weighted by Crippen LogP contribution is 2.25. The summed E-state index contributed by atoms with van der Waals surface area (Å²) in [6.45, 7) is 2.08. The second kappa shape index (κ2) is 4.53. The molecule has 88 valence electrons. The van der Waals surface area contributed by atoms with Crippen LogP contribution in [0.2, 0.25) is 0 Å². The summed E-state index contributed by atoms with van der Waals surface area (Å²) in [6.07, 6.45) is 2.15. The highest BCUT2D eigenvalue weighted by Gasteiger charge is 2.06. The standard InChI is InChI=1S/C17H15N/c1-2-15(13-8-4-3-5-9-13)17-12-14-10-6-7-11-16(14)18-17/h2-12,18H,1H3. The smallest absolute Gasteiger partial charge is 0.0467 e. The van der Waals surface area contributed by atoms with E-state index in [1.54, 1.807) is 0 Å². The molecule has 1 N–H and O–H groups in total. The molecule has 0 radical (unpaired) electrons. The first-order valence-electron chi connectivity index (χ1n) is 6.18. The molecule has 0 unspecified atom stereocenters. The van der Waals surface area contributed by atoms with Crippen LogP contribution in [0.15, 0.2) is 66.7 Å². The summed E-state index contributed by atoms with van der Waals surface area (Å²) in [6, 6.07) is 21.0. The van der Waals surface area contributed by atoms with Gasteiger partial charge in [-0.05, 0) is 24.6 Å². The van der Waals surface area contributed by atoms with Crippen molar-refractivity contribution in [3.8, 4) is 0 Å². The molecule has 0 aliphatic carbocycles. The van der Waals surface area contributed by atoms with Gasteiger partial charge in [-0.3, -0.25) is 0 Å².